The molecule has 23 heavy (non-hydrogen) atoms. The Morgan fingerprint density at radius 3 is 2.65 bits per heavy atom. The normalized spacial score (nSPS) is 11.2. The zero-order valence-corrected chi connectivity index (χ0v) is 14.6. The van der Waals surface area contributed by atoms with Crippen LogP contribution in [0.1, 0.15) is 24.8 Å². The molecule has 0 N–H and O–H groups in total. The number of alkyl halides is 1. The van der Waals surface area contributed by atoms with Crippen LogP contribution >= 0.6 is 34.8 Å². The maximum absolute atomic E-state index is 9.55. The van der Waals surface area contributed by atoms with Gasteiger partial charge in [0.15, 0.2) is 0 Å². The summed E-state index contributed by atoms with van der Waals surface area (Å²) in [5.74, 6) is 0.666. The Morgan fingerprint density at radius 1 is 1.13 bits per heavy atom. The molecule has 3 nitrogen and oxygen atoms in total. The second kappa shape index (κ2) is 6.97. The van der Waals surface area contributed by atoms with Gasteiger partial charge in [-0.2, -0.15) is 5.26 Å². The van der Waals surface area contributed by atoms with Crippen molar-refractivity contribution in [1.82, 2.24) is 9.55 Å². The van der Waals surface area contributed by atoms with E-state index in [1.807, 2.05) is 24.3 Å². The van der Waals surface area contributed by atoms with Crippen molar-refractivity contribution < 1.29 is 0 Å². The molecule has 0 saturated carbocycles. The van der Waals surface area contributed by atoms with Crippen molar-refractivity contribution in [2.45, 2.75) is 25.8 Å². The van der Waals surface area contributed by atoms with E-state index in [2.05, 4.69) is 15.6 Å². The summed E-state index contributed by atoms with van der Waals surface area (Å²) in [6, 6.07) is 10.1. The van der Waals surface area contributed by atoms with Crippen LogP contribution in [-0.4, -0.2) is 15.4 Å². The van der Waals surface area contributed by atoms with E-state index in [0.717, 1.165) is 47.7 Å². The monoisotopic (exact) mass is 365 g/mol. The Balaban J connectivity index is 2.26. The summed E-state index contributed by atoms with van der Waals surface area (Å²) < 4.78 is 2.12. The first-order valence-corrected chi connectivity index (χ1v) is 8.70. The highest BCUT2D eigenvalue weighted by Crippen LogP contribution is 2.36. The zero-order chi connectivity index (χ0) is 16.4. The summed E-state index contributed by atoms with van der Waals surface area (Å²) in [6.07, 6.45) is 2.99. The van der Waals surface area contributed by atoms with Crippen LogP contribution in [-0.2, 0) is 6.54 Å². The average molecular weight is 367 g/mol. The molecule has 2 aromatic heterocycles. The zero-order valence-electron chi connectivity index (χ0n) is 12.3. The Bertz CT molecular complexity index is 909. The number of nitrogens with zero attached hydrogens (tertiary/aromatic N) is 3. The fourth-order valence-electron chi connectivity index (χ4n) is 2.88. The van der Waals surface area contributed by atoms with Gasteiger partial charge in [0.2, 0.25) is 0 Å². The summed E-state index contributed by atoms with van der Waals surface area (Å²) in [5.41, 5.74) is 2.91. The molecule has 0 fully saturated rings. The van der Waals surface area contributed by atoms with E-state index in [1.165, 1.54) is 0 Å². The highest BCUT2D eigenvalue weighted by atomic mass is 35.5. The van der Waals surface area contributed by atoms with Gasteiger partial charge in [-0.1, -0.05) is 47.8 Å². The number of para-hydroxylation sites is 1. The van der Waals surface area contributed by atoms with E-state index in [4.69, 9.17) is 34.8 Å². The van der Waals surface area contributed by atoms with Gasteiger partial charge in [-0.15, -0.1) is 11.6 Å². The molecule has 1 aromatic carbocycles. The number of nitriles is 1. The molecule has 0 amide bonds. The maximum Gasteiger partial charge on any atom is 0.149 e. The molecular weight excluding hydrogens is 353 g/mol. The van der Waals surface area contributed by atoms with Gasteiger partial charge in [0, 0.05) is 17.8 Å². The van der Waals surface area contributed by atoms with Crippen LogP contribution in [0.3, 0.4) is 0 Å². The van der Waals surface area contributed by atoms with Crippen molar-refractivity contribution in [2.24, 2.45) is 0 Å². The molecule has 3 aromatic rings. The molecule has 6 heteroatoms. The van der Waals surface area contributed by atoms with Crippen molar-refractivity contribution in [3.63, 3.8) is 0 Å². The standard InChI is InChI=1S/C17H14Cl3N3/c18-8-4-1-5-9-23-13-7-3-2-6-11(13)15-16(23)12(10-21)14(19)17(20)22-15/h2-3,6-7H,1,4-5,8-9H2. The molecule has 3 rings (SSSR count). The number of pyridine rings is 1. The van der Waals surface area contributed by atoms with Gasteiger partial charge >= 0.3 is 0 Å². The van der Waals surface area contributed by atoms with Gasteiger partial charge in [0.1, 0.15) is 11.2 Å². The van der Waals surface area contributed by atoms with Gasteiger partial charge in [0.25, 0.3) is 0 Å². The third-order valence-corrected chi connectivity index (χ3v) is 4.92. The molecule has 2 heterocycles. The number of fused-ring (bicyclic) bond motifs is 3. The minimum atomic E-state index is 0.167. The van der Waals surface area contributed by atoms with Gasteiger partial charge in [-0.3, -0.25) is 0 Å². The summed E-state index contributed by atoms with van der Waals surface area (Å²) in [6.45, 7) is 0.787. The van der Waals surface area contributed by atoms with Gasteiger partial charge < -0.3 is 4.57 Å². The van der Waals surface area contributed by atoms with E-state index in [-0.39, 0.29) is 10.2 Å². The second-order valence-electron chi connectivity index (χ2n) is 5.32. The predicted molar refractivity (Wildman–Crippen MR) is 96.5 cm³/mol. The van der Waals surface area contributed by atoms with Crippen LogP contribution in [0, 0.1) is 11.3 Å². The lowest BCUT2D eigenvalue weighted by atomic mass is 10.2. The van der Waals surface area contributed by atoms with Gasteiger partial charge in [0.05, 0.1) is 27.1 Å². The van der Waals surface area contributed by atoms with Gasteiger partial charge in [-0.05, 0) is 18.9 Å². The lowest BCUT2D eigenvalue weighted by molar-refractivity contribution is 0.629. The molecule has 0 radical (unpaired) electrons. The van der Waals surface area contributed by atoms with Crippen LogP contribution in [0.15, 0.2) is 24.3 Å². The summed E-state index contributed by atoms with van der Waals surface area (Å²) in [7, 11) is 0. The molecule has 0 bridgehead atoms. The fraction of sp³-hybridized carbons (Fsp3) is 0.294. The molecule has 0 unspecified atom stereocenters. The van der Waals surface area contributed by atoms with Crippen molar-refractivity contribution in [3.8, 4) is 6.07 Å². The Labute approximate surface area is 149 Å². The Hall–Kier alpha value is -1.47. The lowest BCUT2D eigenvalue weighted by Crippen LogP contribution is -2.00. The van der Waals surface area contributed by atoms with Crippen LogP contribution < -0.4 is 0 Å². The van der Waals surface area contributed by atoms with Gasteiger partial charge in [-0.25, -0.2) is 4.98 Å². The first kappa shape index (κ1) is 16.4. The third kappa shape index (κ3) is 2.87. The smallest absolute Gasteiger partial charge is 0.149 e. The average Bonchev–Trinajstić information content (AvgIpc) is 2.87. The Morgan fingerprint density at radius 2 is 1.91 bits per heavy atom. The molecule has 118 valence electrons. The van der Waals surface area contributed by atoms with Crippen LogP contribution in [0.4, 0.5) is 0 Å². The first-order valence-electron chi connectivity index (χ1n) is 7.41. The van der Waals surface area contributed by atoms with Crippen molar-refractivity contribution >= 4 is 56.7 Å². The number of hydrogen-bond acceptors (Lipinski definition) is 2. The number of halogens is 3. The topological polar surface area (TPSA) is 41.6 Å². The van der Waals surface area contributed by atoms with E-state index in [0.29, 0.717) is 11.4 Å². The first-order chi connectivity index (χ1) is 11.2. The lowest BCUT2D eigenvalue weighted by Gasteiger charge is -2.09. The number of aryl methyl sites for hydroxylation is 1. The van der Waals surface area contributed by atoms with Crippen molar-refractivity contribution in [2.75, 3.05) is 5.88 Å². The molecule has 0 atom stereocenters. The molecule has 0 spiro atoms. The van der Waals surface area contributed by atoms with Crippen LogP contribution in [0.25, 0.3) is 21.9 Å². The predicted octanol–water partition coefficient (Wildman–Crippen LogP) is 5.78. The fourth-order valence-corrected chi connectivity index (χ4v) is 3.42. The van der Waals surface area contributed by atoms with E-state index in [9.17, 15) is 5.26 Å². The van der Waals surface area contributed by atoms with Crippen molar-refractivity contribution in [1.29, 1.82) is 5.26 Å². The Kier molecular flexibility index (Phi) is 4.96. The van der Waals surface area contributed by atoms with Crippen LogP contribution in [0.2, 0.25) is 10.2 Å². The van der Waals surface area contributed by atoms with E-state index < -0.39 is 0 Å². The number of rotatable bonds is 5. The SMILES string of the molecule is N#Cc1c(Cl)c(Cl)nc2c3ccccc3n(CCCCCCl)c12. The molecule has 0 aliphatic heterocycles. The number of hydrogen-bond donors (Lipinski definition) is 0. The molecular formula is C17H14Cl3N3. The third-order valence-electron chi connectivity index (χ3n) is 3.92. The highest BCUT2D eigenvalue weighted by molar-refractivity contribution is 6.43. The largest absolute Gasteiger partial charge is 0.338 e. The van der Waals surface area contributed by atoms with E-state index in [1.54, 1.807) is 0 Å². The molecule has 0 aliphatic carbocycles. The highest BCUT2D eigenvalue weighted by Gasteiger charge is 2.19. The minimum Gasteiger partial charge on any atom is -0.338 e. The molecule has 0 saturated heterocycles. The minimum absolute atomic E-state index is 0.167. The summed E-state index contributed by atoms with van der Waals surface area (Å²) in [5, 5.41) is 10.9. The summed E-state index contributed by atoms with van der Waals surface area (Å²) >= 11 is 18.1. The van der Waals surface area contributed by atoms with Crippen LogP contribution in [0.5, 0.6) is 0 Å². The number of benzene rings is 1. The quantitative estimate of drug-likeness (QED) is 0.326. The number of aromatic nitrogens is 2. The molecule has 0 aliphatic rings. The number of unbranched alkanes of at least 4 members (excludes halogenated alkanes) is 2. The van der Waals surface area contributed by atoms with Crippen molar-refractivity contribution in [3.05, 3.63) is 40.0 Å². The maximum atomic E-state index is 9.55. The van der Waals surface area contributed by atoms with E-state index >= 15 is 0 Å². The summed E-state index contributed by atoms with van der Waals surface area (Å²) in [4.78, 5) is 4.42. The second-order valence-corrected chi connectivity index (χ2v) is 6.43.